The molecule has 0 saturated heterocycles. The van der Waals surface area contributed by atoms with Crippen LogP contribution in [0.15, 0.2) is 71.7 Å². The maximum Gasteiger partial charge on any atom is 0.316 e. The van der Waals surface area contributed by atoms with Crippen molar-refractivity contribution in [2.45, 2.75) is 0 Å². The van der Waals surface area contributed by atoms with E-state index in [-0.39, 0.29) is 18.1 Å². The molecule has 0 bridgehead atoms. The fourth-order valence-corrected chi connectivity index (χ4v) is 3.87. The maximum absolute atomic E-state index is 13.6. The van der Waals surface area contributed by atoms with E-state index in [2.05, 4.69) is 5.32 Å². The van der Waals surface area contributed by atoms with Gasteiger partial charge in [-0.2, -0.15) is 0 Å². The lowest BCUT2D eigenvalue weighted by atomic mass is 10.1. The smallest absolute Gasteiger partial charge is 0.316 e. The first-order chi connectivity index (χ1) is 16.5. The number of benzene rings is 2. The van der Waals surface area contributed by atoms with Crippen molar-refractivity contribution in [1.29, 1.82) is 0 Å². The lowest BCUT2D eigenvalue weighted by molar-refractivity contribution is -0.736. The molecule has 10 nitrogen and oxygen atoms in total. The van der Waals surface area contributed by atoms with Gasteiger partial charge in [0.2, 0.25) is 0 Å². The van der Waals surface area contributed by atoms with Gasteiger partial charge in [-0.05, 0) is 30.3 Å². The number of hydrogen-bond acceptors (Lipinski definition) is 6. The molecule has 34 heavy (non-hydrogen) atoms. The molecule has 0 spiro atoms. The topological polar surface area (TPSA) is 107 Å². The maximum atomic E-state index is 13.6. The van der Waals surface area contributed by atoms with Crippen LogP contribution in [0, 0.1) is 4.91 Å². The van der Waals surface area contributed by atoms with Crippen molar-refractivity contribution in [3.05, 3.63) is 82.1 Å². The standard InChI is InChI=1S/C24H19N5O5/c1-25-21(30)14-34-17-11-12-20-26-22-18-5-3-4-6-19(18)24(31)28(23(22)27(20)13-17)15-7-9-16(10-8-15)29(32)33-2/h3-13H,14H2,1-2H3/p+1. The summed E-state index contributed by atoms with van der Waals surface area (Å²) in [5.74, 6) is 0.182. The third-order valence-electron chi connectivity index (χ3n) is 5.53. The summed E-state index contributed by atoms with van der Waals surface area (Å²) in [6, 6.07) is 17.2. The second-order valence-corrected chi connectivity index (χ2v) is 7.48. The molecule has 0 aliphatic rings. The number of fused-ring (bicyclic) bond motifs is 5. The zero-order chi connectivity index (χ0) is 23.8. The van der Waals surface area contributed by atoms with Crippen LogP contribution in [-0.2, 0) is 9.63 Å². The third kappa shape index (κ3) is 3.41. The van der Waals surface area contributed by atoms with E-state index in [1.165, 1.54) is 14.2 Å². The van der Waals surface area contributed by atoms with Gasteiger partial charge in [0.1, 0.15) is 16.9 Å². The van der Waals surface area contributed by atoms with E-state index in [4.69, 9.17) is 14.6 Å². The molecule has 170 valence electrons. The van der Waals surface area contributed by atoms with Crippen LogP contribution >= 0.6 is 0 Å². The van der Waals surface area contributed by atoms with Gasteiger partial charge in [0, 0.05) is 30.0 Å². The third-order valence-corrected chi connectivity index (χ3v) is 5.53. The van der Waals surface area contributed by atoms with E-state index in [1.54, 1.807) is 63.7 Å². The van der Waals surface area contributed by atoms with Crippen LogP contribution in [0.25, 0.3) is 33.3 Å². The first kappa shape index (κ1) is 21.1. The van der Waals surface area contributed by atoms with Crippen molar-refractivity contribution >= 4 is 39.2 Å². The summed E-state index contributed by atoms with van der Waals surface area (Å²) in [6.45, 7) is -0.142. The Bertz CT molecular complexity index is 1640. The number of nitrogens with zero attached hydrogens (tertiary/aromatic N) is 4. The zero-order valence-corrected chi connectivity index (χ0v) is 18.4. The highest BCUT2D eigenvalue weighted by Crippen LogP contribution is 2.28. The minimum absolute atomic E-state index is 0.142. The molecule has 0 radical (unpaired) electrons. The molecule has 0 atom stereocenters. The van der Waals surface area contributed by atoms with Crippen molar-refractivity contribution in [2.24, 2.45) is 0 Å². The van der Waals surface area contributed by atoms with E-state index in [9.17, 15) is 14.5 Å². The minimum Gasteiger partial charge on any atom is -0.482 e. The van der Waals surface area contributed by atoms with Gasteiger partial charge in [0.25, 0.3) is 16.4 Å². The van der Waals surface area contributed by atoms with Crippen LogP contribution in [-0.4, -0.2) is 45.5 Å². The normalized spacial score (nSPS) is 11.1. The van der Waals surface area contributed by atoms with Gasteiger partial charge in [-0.15, -0.1) is 0 Å². The van der Waals surface area contributed by atoms with Crippen LogP contribution in [0.3, 0.4) is 0 Å². The monoisotopic (exact) mass is 458 g/mol. The molecular formula is C24H20N5O5+. The van der Waals surface area contributed by atoms with Crippen molar-refractivity contribution in [3.63, 3.8) is 0 Å². The summed E-state index contributed by atoms with van der Waals surface area (Å²) in [5.41, 5.74) is 2.37. The molecule has 1 amide bonds. The highest BCUT2D eigenvalue weighted by atomic mass is 16.8. The Balaban J connectivity index is 1.79. The second-order valence-electron chi connectivity index (χ2n) is 7.48. The first-order valence-electron chi connectivity index (χ1n) is 10.4. The van der Waals surface area contributed by atoms with Crippen LogP contribution < -0.4 is 15.6 Å². The van der Waals surface area contributed by atoms with Gasteiger partial charge < -0.3 is 10.1 Å². The number of carbonyl (C=O) groups excluding carboxylic acids is 1. The van der Waals surface area contributed by atoms with Gasteiger partial charge >= 0.3 is 5.69 Å². The number of imidazole rings is 1. The average molecular weight is 458 g/mol. The van der Waals surface area contributed by atoms with Gasteiger partial charge in [-0.1, -0.05) is 18.2 Å². The van der Waals surface area contributed by atoms with E-state index < -0.39 is 0 Å². The van der Waals surface area contributed by atoms with Gasteiger partial charge in [-0.25, -0.2) is 9.82 Å². The van der Waals surface area contributed by atoms with Crippen molar-refractivity contribution < 1.29 is 19.3 Å². The lowest BCUT2D eigenvalue weighted by Crippen LogP contribution is -2.24. The molecule has 0 aliphatic carbocycles. The first-order valence-corrected chi connectivity index (χ1v) is 10.4. The number of carbonyl (C=O) groups is 1. The molecule has 3 heterocycles. The zero-order valence-electron chi connectivity index (χ0n) is 18.4. The number of ether oxygens (including phenoxy) is 1. The number of rotatable bonds is 6. The summed E-state index contributed by atoms with van der Waals surface area (Å²) < 4.78 is 8.90. The molecule has 2 aromatic carbocycles. The molecule has 1 N–H and O–H groups in total. The Hall–Kier alpha value is -4.73. The van der Waals surface area contributed by atoms with Crippen molar-refractivity contribution in [1.82, 2.24) is 19.3 Å². The van der Waals surface area contributed by atoms with Crippen LogP contribution in [0.5, 0.6) is 5.75 Å². The minimum atomic E-state index is -0.262. The summed E-state index contributed by atoms with van der Waals surface area (Å²) in [5, 5.41) is 3.74. The summed E-state index contributed by atoms with van der Waals surface area (Å²) >= 11 is 0. The highest BCUT2D eigenvalue weighted by Gasteiger charge is 2.20. The second kappa shape index (κ2) is 8.32. The van der Waals surface area contributed by atoms with E-state index in [1.807, 2.05) is 12.1 Å². The number of pyridine rings is 2. The number of likely N-dealkylation sites (N-methyl/N-ethyl adjacent to an activating group) is 1. The van der Waals surface area contributed by atoms with E-state index in [0.29, 0.717) is 44.2 Å². The molecule has 0 unspecified atom stereocenters. The van der Waals surface area contributed by atoms with Gasteiger partial charge in [0.15, 0.2) is 19.4 Å². The Labute approximate surface area is 192 Å². The molecule has 5 rings (SSSR count). The lowest BCUT2D eigenvalue weighted by Gasteiger charge is -2.11. The Morgan fingerprint density at radius 1 is 1.06 bits per heavy atom. The summed E-state index contributed by atoms with van der Waals surface area (Å²) in [7, 11) is 2.81. The largest absolute Gasteiger partial charge is 0.482 e. The Morgan fingerprint density at radius 2 is 1.79 bits per heavy atom. The SMILES string of the molecule is CNC(=O)COc1ccc2nc3c4ccccc4c(=O)n(-c4ccc([N+](=O)OC)cc4)c3n2c1. The predicted molar refractivity (Wildman–Crippen MR) is 126 cm³/mol. The Morgan fingerprint density at radius 3 is 2.50 bits per heavy atom. The van der Waals surface area contributed by atoms with Crippen molar-refractivity contribution in [3.8, 4) is 11.4 Å². The van der Waals surface area contributed by atoms with Gasteiger partial charge in [-0.3, -0.25) is 18.6 Å². The molecule has 0 fully saturated rings. The molecular weight excluding hydrogens is 438 g/mol. The van der Waals surface area contributed by atoms with E-state index in [0.717, 1.165) is 5.39 Å². The Kier molecular flexibility index (Phi) is 5.17. The van der Waals surface area contributed by atoms with Crippen molar-refractivity contribution in [2.75, 3.05) is 20.8 Å². The van der Waals surface area contributed by atoms with Crippen LogP contribution in [0.4, 0.5) is 5.69 Å². The van der Waals surface area contributed by atoms with Crippen LogP contribution in [0.2, 0.25) is 0 Å². The number of hydrogen-bond donors (Lipinski definition) is 1. The number of amides is 1. The molecule has 5 aromatic rings. The van der Waals surface area contributed by atoms with Gasteiger partial charge in [0.05, 0.1) is 16.8 Å². The molecule has 3 aromatic heterocycles. The fourth-order valence-electron chi connectivity index (χ4n) is 3.87. The molecule has 0 aliphatic heterocycles. The number of nitrogens with one attached hydrogen (secondary N) is 1. The van der Waals surface area contributed by atoms with E-state index >= 15 is 0 Å². The fraction of sp³-hybridized carbons (Fsp3) is 0.125. The molecule has 10 heteroatoms. The summed E-state index contributed by atoms with van der Waals surface area (Å²) in [6.07, 6.45) is 1.69. The highest BCUT2D eigenvalue weighted by molar-refractivity contribution is 6.04. The quantitative estimate of drug-likeness (QED) is 0.392. The number of aromatic nitrogens is 3. The predicted octanol–water partition coefficient (Wildman–Crippen LogP) is 2.89. The average Bonchev–Trinajstić information content (AvgIpc) is 3.26. The molecule has 0 saturated carbocycles. The summed E-state index contributed by atoms with van der Waals surface area (Å²) in [4.78, 5) is 46.9. The van der Waals surface area contributed by atoms with Crippen LogP contribution in [0.1, 0.15) is 0 Å².